The van der Waals surface area contributed by atoms with Crippen LogP contribution in [0.3, 0.4) is 0 Å². The van der Waals surface area contributed by atoms with Gasteiger partial charge in [-0.1, -0.05) is 12.1 Å². The lowest BCUT2D eigenvalue weighted by Crippen LogP contribution is -2.06. The van der Waals surface area contributed by atoms with Gasteiger partial charge in [0.25, 0.3) is 0 Å². The van der Waals surface area contributed by atoms with E-state index < -0.39 is 17.7 Å². The molecule has 0 radical (unpaired) electrons. The van der Waals surface area contributed by atoms with E-state index in [0.717, 1.165) is 6.07 Å². The zero-order valence-corrected chi connectivity index (χ0v) is 6.72. The Balaban J connectivity index is 2.92. The van der Waals surface area contributed by atoms with Crippen molar-refractivity contribution in [2.75, 3.05) is 0 Å². The molecule has 0 aliphatic rings. The highest BCUT2D eigenvalue weighted by Crippen LogP contribution is 2.12. The van der Waals surface area contributed by atoms with Gasteiger partial charge in [0.05, 0.1) is 6.10 Å². The van der Waals surface area contributed by atoms with Crippen molar-refractivity contribution in [3.8, 4) is 0 Å². The van der Waals surface area contributed by atoms with Crippen LogP contribution in [0.25, 0.3) is 0 Å². The minimum absolute atomic E-state index is 0.142. The highest BCUT2D eigenvalue weighted by molar-refractivity contribution is 5.19. The van der Waals surface area contributed by atoms with E-state index in [1.54, 1.807) is 0 Å². The lowest BCUT2D eigenvalue weighted by molar-refractivity contribution is 0.194. The summed E-state index contributed by atoms with van der Waals surface area (Å²) in [5, 5.41) is 8.93. The molecule has 66 valence electrons. The summed E-state index contributed by atoms with van der Waals surface area (Å²) in [4.78, 5) is 0. The third kappa shape index (κ3) is 2.01. The van der Waals surface area contributed by atoms with Gasteiger partial charge in [-0.15, -0.1) is 0 Å². The van der Waals surface area contributed by atoms with Crippen LogP contribution in [0, 0.1) is 11.6 Å². The fourth-order valence-corrected chi connectivity index (χ4v) is 1.02. The molecule has 1 aromatic carbocycles. The molecule has 0 aliphatic carbocycles. The average Bonchev–Trinajstić information content (AvgIpc) is 1.98. The first-order chi connectivity index (χ1) is 5.61. The number of aliphatic hydroxyl groups excluding tert-OH is 1. The average molecular weight is 172 g/mol. The molecule has 0 heterocycles. The highest BCUT2D eigenvalue weighted by Gasteiger charge is 2.08. The molecular formula is C9H10F2O. The minimum atomic E-state index is -0.867. The van der Waals surface area contributed by atoms with Crippen LogP contribution >= 0.6 is 0 Å². The van der Waals surface area contributed by atoms with Crippen LogP contribution in [0.1, 0.15) is 12.5 Å². The lowest BCUT2D eigenvalue weighted by atomic mass is 10.1. The molecule has 0 aromatic heterocycles. The van der Waals surface area contributed by atoms with Gasteiger partial charge in [0, 0.05) is 6.42 Å². The molecule has 1 nitrogen and oxygen atoms in total. The number of hydrogen-bond acceptors (Lipinski definition) is 1. The van der Waals surface area contributed by atoms with E-state index in [1.165, 1.54) is 19.1 Å². The fourth-order valence-electron chi connectivity index (χ4n) is 1.02. The second kappa shape index (κ2) is 3.63. The molecule has 1 aromatic rings. The summed E-state index contributed by atoms with van der Waals surface area (Å²) >= 11 is 0. The molecule has 1 N–H and O–H groups in total. The normalized spacial score (nSPS) is 13.0. The molecule has 1 rings (SSSR count). The largest absolute Gasteiger partial charge is 0.393 e. The molecular weight excluding hydrogens is 162 g/mol. The van der Waals surface area contributed by atoms with E-state index in [0.29, 0.717) is 0 Å². The van der Waals surface area contributed by atoms with E-state index >= 15 is 0 Å². The second-order valence-corrected chi connectivity index (χ2v) is 2.77. The molecule has 12 heavy (non-hydrogen) atoms. The quantitative estimate of drug-likeness (QED) is 0.722. The maximum atomic E-state index is 12.9. The van der Waals surface area contributed by atoms with Crippen molar-refractivity contribution in [3.63, 3.8) is 0 Å². The van der Waals surface area contributed by atoms with Gasteiger partial charge in [-0.25, -0.2) is 8.78 Å². The Morgan fingerprint density at radius 3 is 2.67 bits per heavy atom. The molecule has 0 amide bonds. The fraction of sp³-hybridized carbons (Fsp3) is 0.333. The van der Waals surface area contributed by atoms with Gasteiger partial charge in [-0.3, -0.25) is 0 Å². The van der Waals surface area contributed by atoms with Crippen molar-refractivity contribution in [3.05, 3.63) is 35.4 Å². The molecule has 0 bridgehead atoms. The van der Waals surface area contributed by atoms with Crippen LogP contribution in [-0.4, -0.2) is 11.2 Å². The van der Waals surface area contributed by atoms with Crippen LogP contribution in [0.5, 0.6) is 0 Å². The molecule has 0 fully saturated rings. The summed E-state index contributed by atoms with van der Waals surface area (Å²) in [7, 11) is 0. The number of rotatable bonds is 2. The van der Waals surface area contributed by atoms with Crippen molar-refractivity contribution >= 4 is 0 Å². The molecule has 0 spiro atoms. The monoisotopic (exact) mass is 172 g/mol. The smallest absolute Gasteiger partial charge is 0.162 e. The molecule has 0 unspecified atom stereocenters. The molecule has 3 heteroatoms. The molecule has 1 atom stereocenters. The summed E-state index contributed by atoms with van der Waals surface area (Å²) < 4.78 is 25.4. The maximum absolute atomic E-state index is 12.9. The third-order valence-corrected chi connectivity index (χ3v) is 1.55. The van der Waals surface area contributed by atoms with Crippen LogP contribution in [0.15, 0.2) is 18.2 Å². The summed E-state index contributed by atoms with van der Waals surface area (Å²) in [5.41, 5.74) is 0.213. The lowest BCUT2D eigenvalue weighted by Gasteiger charge is -2.05. The summed E-state index contributed by atoms with van der Waals surface area (Å²) in [6.45, 7) is 1.53. The van der Waals surface area contributed by atoms with Crippen molar-refractivity contribution < 1.29 is 13.9 Å². The van der Waals surface area contributed by atoms with Gasteiger partial charge in [0.2, 0.25) is 0 Å². The molecule has 0 aliphatic heterocycles. The van der Waals surface area contributed by atoms with E-state index in [2.05, 4.69) is 0 Å². The predicted octanol–water partition coefficient (Wildman–Crippen LogP) is 1.89. The zero-order valence-electron chi connectivity index (χ0n) is 6.72. The van der Waals surface area contributed by atoms with Crippen LogP contribution in [0.4, 0.5) is 8.78 Å². The number of halogens is 2. The van der Waals surface area contributed by atoms with Crippen molar-refractivity contribution in [2.45, 2.75) is 19.4 Å². The van der Waals surface area contributed by atoms with E-state index in [4.69, 9.17) is 5.11 Å². The van der Waals surface area contributed by atoms with Crippen molar-refractivity contribution in [1.82, 2.24) is 0 Å². The van der Waals surface area contributed by atoms with Gasteiger partial charge in [-0.05, 0) is 18.6 Å². The summed E-state index contributed by atoms with van der Waals surface area (Å²) in [6, 6.07) is 3.95. The Morgan fingerprint density at radius 2 is 2.08 bits per heavy atom. The van der Waals surface area contributed by atoms with Crippen LogP contribution in [-0.2, 0) is 6.42 Å². The first-order valence-electron chi connectivity index (χ1n) is 3.72. The first kappa shape index (κ1) is 9.13. The highest BCUT2D eigenvalue weighted by atomic mass is 19.2. The Bertz CT molecular complexity index is 271. The Morgan fingerprint density at radius 1 is 1.42 bits per heavy atom. The number of aliphatic hydroxyl groups is 1. The predicted molar refractivity (Wildman–Crippen MR) is 41.7 cm³/mol. The number of hydrogen-bond donors (Lipinski definition) is 1. The van der Waals surface area contributed by atoms with Gasteiger partial charge in [0.15, 0.2) is 11.6 Å². The second-order valence-electron chi connectivity index (χ2n) is 2.77. The van der Waals surface area contributed by atoms with Gasteiger partial charge < -0.3 is 5.11 Å². The van der Waals surface area contributed by atoms with E-state index in [9.17, 15) is 8.78 Å². The summed E-state index contributed by atoms with van der Waals surface area (Å²) in [5.74, 6) is -1.73. The standard InChI is InChI=1S/C9H10F2O/c1-6(12)5-7-3-2-4-8(10)9(7)11/h2-4,6,12H,5H2,1H3/t6-/m1/s1. The van der Waals surface area contributed by atoms with E-state index in [-0.39, 0.29) is 12.0 Å². The van der Waals surface area contributed by atoms with Gasteiger partial charge >= 0.3 is 0 Å². The number of benzene rings is 1. The van der Waals surface area contributed by atoms with Crippen LogP contribution in [0.2, 0.25) is 0 Å². The Labute approximate surface area is 69.7 Å². The van der Waals surface area contributed by atoms with E-state index in [1.807, 2.05) is 0 Å². The first-order valence-corrected chi connectivity index (χ1v) is 3.72. The van der Waals surface area contributed by atoms with Crippen molar-refractivity contribution in [1.29, 1.82) is 0 Å². The van der Waals surface area contributed by atoms with Crippen molar-refractivity contribution in [2.24, 2.45) is 0 Å². The maximum Gasteiger partial charge on any atom is 0.162 e. The topological polar surface area (TPSA) is 20.2 Å². The van der Waals surface area contributed by atoms with Crippen LogP contribution < -0.4 is 0 Å². The zero-order chi connectivity index (χ0) is 9.14. The van der Waals surface area contributed by atoms with Gasteiger partial charge in [0.1, 0.15) is 0 Å². The third-order valence-electron chi connectivity index (χ3n) is 1.55. The molecule has 0 saturated heterocycles. The Kier molecular flexibility index (Phi) is 2.76. The van der Waals surface area contributed by atoms with Gasteiger partial charge in [-0.2, -0.15) is 0 Å². The minimum Gasteiger partial charge on any atom is -0.393 e. The summed E-state index contributed by atoms with van der Waals surface area (Å²) in [6.07, 6.45) is -0.509. The Hall–Kier alpha value is -0.960. The molecule has 0 saturated carbocycles. The SMILES string of the molecule is C[C@@H](O)Cc1cccc(F)c1F.